The third kappa shape index (κ3) is 2.43. The summed E-state index contributed by atoms with van der Waals surface area (Å²) in [4.78, 5) is 4.58. The molecule has 1 N–H and O–H groups in total. The lowest BCUT2D eigenvalue weighted by atomic mass is 10.1. The number of ether oxygens (including phenoxy) is 2. The summed E-state index contributed by atoms with van der Waals surface area (Å²) in [6.45, 7) is 0.00898. The zero-order chi connectivity index (χ0) is 14.8. The zero-order valence-corrected chi connectivity index (χ0v) is 11.9. The van der Waals surface area contributed by atoms with Crippen molar-refractivity contribution in [2.24, 2.45) is 0 Å². The fourth-order valence-corrected chi connectivity index (χ4v) is 2.26. The standard InChI is InChI=1S/C16H16N2O3/c1-20-14-4-3-12(8-15(14)21-2)13-9-18-6-5-11(10-19)7-16(18)17-13/h3-9,19H,10H2,1-2H3. The molecular formula is C16H16N2O3. The number of pyridine rings is 1. The SMILES string of the molecule is COc1ccc(-c2cn3ccc(CO)cc3n2)cc1OC. The van der Waals surface area contributed by atoms with Gasteiger partial charge in [-0.05, 0) is 35.9 Å². The number of aliphatic hydroxyl groups is 1. The summed E-state index contributed by atoms with van der Waals surface area (Å²) in [6.07, 6.45) is 3.83. The molecule has 108 valence electrons. The third-order valence-electron chi connectivity index (χ3n) is 3.39. The van der Waals surface area contributed by atoms with E-state index in [2.05, 4.69) is 4.98 Å². The van der Waals surface area contributed by atoms with Crippen molar-refractivity contribution in [1.82, 2.24) is 9.38 Å². The number of imidazole rings is 1. The van der Waals surface area contributed by atoms with Gasteiger partial charge >= 0.3 is 0 Å². The Hall–Kier alpha value is -2.53. The van der Waals surface area contributed by atoms with Crippen molar-refractivity contribution < 1.29 is 14.6 Å². The molecule has 0 amide bonds. The van der Waals surface area contributed by atoms with E-state index in [-0.39, 0.29) is 6.61 Å². The van der Waals surface area contributed by atoms with Gasteiger partial charge in [-0.15, -0.1) is 0 Å². The van der Waals surface area contributed by atoms with Gasteiger partial charge in [-0.2, -0.15) is 0 Å². The van der Waals surface area contributed by atoms with Gasteiger partial charge in [0, 0.05) is 18.0 Å². The van der Waals surface area contributed by atoms with E-state index >= 15 is 0 Å². The molecule has 3 aromatic rings. The number of aliphatic hydroxyl groups excluding tert-OH is 1. The largest absolute Gasteiger partial charge is 0.493 e. The quantitative estimate of drug-likeness (QED) is 0.800. The molecule has 0 fully saturated rings. The van der Waals surface area contributed by atoms with Crippen LogP contribution in [0.5, 0.6) is 11.5 Å². The van der Waals surface area contributed by atoms with E-state index in [4.69, 9.17) is 9.47 Å². The fourth-order valence-electron chi connectivity index (χ4n) is 2.26. The molecule has 0 atom stereocenters. The Bertz CT molecular complexity index is 780. The van der Waals surface area contributed by atoms with Gasteiger partial charge in [0.25, 0.3) is 0 Å². The van der Waals surface area contributed by atoms with Crippen LogP contribution in [-0.2, 0) is 6.61 Å². The molecule has 0 bridgehead atoms. The van der Waals surface area contributed by atoms with Crippen molar-refractivity contribution in [2.75, 3.05) is 14.2 Å². The summed E-state index contributed by atoms with van der Waals surface area (Å²) in [5.41, 5.74) is 3.42. The van der Waals surface area contributed by atoms with Crippen molar-refractivity contribution >= 4 is 5.65 Å². The highest BCUT2D eigenvalue weighted by molar-refractivity contribution is 5.66. The van der Waals surface area contributed by atoms with Crippen LogP contribution in [0.15, 0.2) is 42.7 Å². The molecular weight excluding hydrogens is 268 g/mol. The first-order valence-corrected chi connectivity index (χ1v) is 6.56. The van der Waals surface area contributed by atoms with Crippen LogP contribution in [0.3, 0.4) is 0 Å². The summed E-state index contributed by atoms with van der Waals surface area (Å²) in [7, 11) is 3.22. The van der Waals surface area contributed by atoms with Crippen molar-refractivity contribution in [1.29, 1.82) is 0 Å². The average molecular weight is 284 g/mol. The van der Waals surface area contributed by atoms with Crippen LogP contribution in [0.2, 0.25) is 0 Å². The molecule has 0 saturated carbocycles. The van der Waals surface area contributed by atoms with Crippen LogP contribution in [0.1, 0.15) is 5.56 Å². The zero-order valence-electron chi connectivity index (χ0n) is 11.9. The van der Waals surface area contributed by atoms with E-state index in [9.17, 15) is 5.11 Å². The second kappa shape index (κ2) is 5.46. The minimum Gasteiger partial charge on any atom is -0.493 e. The summed E-state index contributed by atoms with van der Waals surface area (Å²) >= 11 is 0. The number of nitrogens with zero attached hydrogens (tertiary/aromatic N) is 2. The molecule has 1 aromatic carbocycles. The number of aromatic nitrogens is 2. The predicted octanol–water partition coefficient (Wildman–Crippen LogP) is 2.51. The van der Waals surface area contributed by atoms with Gasteiger partial charge in [0.1, 0.15) is 5.65 Å². The molecule has 0 aliphatic carbocycles. The van der Waals surface area contributed by atoms with E-state index in [0.29, 0.717) is 11.5 Å². The summed E-state index contributed by atoms with van der Waals surface area (Å²) in [5, 5.41) is 9.18. The van der Waals surface area contributed by atoms with Crippen LogP contribution in [-0.4, -0.2) is 28.7 Å². The fraction of sp³-hybridized carbons (Fsp3) is 0.188. The number of hydrogen-bond donors (Lipinski definition) is 1. The van der Waals surface area contributed by atoms with Crippen molar-refractivity contribution in [3.05, 3.63) is 48.3 Å². The number of benzene rings is 1. The molecule has 21 heavy (non-hydrogen) atoms. The van der Waals surface area contributed by atoms with Crippen LogP contribution < -0.4 is 9.47 Å². The molecule has 5 heteroatoms. The minimum atomic E-state index is 0.00898. The van der Waals surface area contributed by atoms with Gasteiger partial charge in [0.05, 0.1) is 26.5 Å². The summed E-state index contributed by atoms with van der Waals surface area (Å²) in [6, 6.07) is 9.43. The Morgan fingerprint density at radius 2 is 1.90 bits per heavy atom. The van der Waals surface area contributed by atoms with Gasteiger partial charge < -0.3 is 19.0 Å². The van der Waals surface area contributed by atoms with Gasteiger partial charge in [-0.1, -0.05) is 0 Å². The first-order chi connectivity index (χ1) is 10.2. The maximum Gasteiger partial charge on any atom is 0.161 e. The van der Waals surface area contributed by atoms with E-state index in [1.165, 1.54) is 0 Å². The average Bonchev–Trinajstić information content (AvgIpc) is 2.96. The maximum absolute atomic E-state index is 9.18. The lowest BCUT2D eigenvalue weighted by Crippen LogP contribution is -1.90. The van der Waals surface area contributed by atoms with Gasteiger partial charge in [0.2, 0.25) is 0 Å². The molecule has 2 aromatic heterocycles. The Kier molecular flexibility index (Phi) is 3.50. The van der Waals surface area contributed by atoms with E-state index < -0.39 is 0 Å². The van der Waals surface area contributed by atoms with Crippen molar-refractivity contribution in [2.45, 2.75) is 6.61 Å². The molecule has 0 radical (unpaired) electrons. The minimum absolute atomic E-state index is 0.00898. The highest BCUT2D eigenvalue weighted by Crippen LogP contribution is 2.32. The van der Waals surface area contributed by atoms with Crippen LogP contribution in [0.4, 0.5) is 0 Å². The molecule has 3 rings (SSSR count). The topological polar surface area (TPSA) is 56.0 Å². The van der Waals surface area contributed by atoms with Crippen LogP contribution >= 0.6 is 0 Å². The normalized spacial score (nSPS) is 10.8. The summed E-state index contributed by atoms with van der Waals surface area (Å²) < 4.78 is 12.5. The number of rotatable bonds is 4. The second-order valence-electron chi connectivity index (χ2n) is 4.65. The van der Waals surface area contributed by atoms with E-state index in [0.717, 1.165) is 22.5 Å². The Balaban J connectivity index is 2.07. The molecule has 5 nitrogen and oxygen atoms in total. The Morgan fingerprint density at radius 1 is 1.10 bits per heavy atom. The number of hydrogen-bond acceptors (Lipinski definition) is 4. The number of methoxy groups -OCH3 is 2. The van der Waals surface area contributed by atoms with Crippen LogP contribution in [0, 0.1) is 0 Å². The highest BCUT2D eigenvalue weighted by Gasteiger charge is 2.09. The van der Waals surface area contributed by atoms with E-state index in [1.54, 1.807) is 14.2 Å². The van der Waals surface area contributed by atoms with Gasteiger partial charge in [-0.3, -0.25) is 0 Å². The second-order valence-corrected chi connectivity index (χ2v) is 4.65. The highest BCUT2D eigenvalue weighted by atomic mass is 16.5. The van der Waals surface area contributed by atoms with Gasteiger partial charge in [-0.25, -0.2) is 4.98 Å². The maximum atomic E-state index is 9.18. The molecule has 0 unspecified atom stereocenters. The molecule has 0 spiro atoms. The lowest BCUT2D eigenvalue weighted by Gasteiger charge is -2.08. The first-order valence-electron chi connectivity index (χ1n) is 6.56. The summed E-state index contributed by atoms with van der Waals surface area (Å²) in [5.74, 6) is 1.36. The van der Waals surface area contributed by atoms with Crippen LogP contribution in [0.25, 0.3) is 16.9 Å². The molecule has 0 saturated heterocycles. The molecule has 0 aliphatic heterocycles. The monoisotopic (exact) mass is 284 g/mol. The predicted molar refractivity (Wildman–Crippen MR) is 79.7 cm³/mol. The van der Waals surface area contributed by atoms with Crippen molar-refractivity contribution in [3.8, 4) is 22.8 Å². The van der Waals surface area contributed by atoms with E-state index in [1.807, 2.05) is 47.1 Å². The molecule has 2 heterocycles. The van der Waals surface area contributed by atoms with Crippen molar-refractivity contribution in [3.63, 3.8) is 0 Å². The smallest absolute Gasteiger partial charge is 0.161 e. The Labute approximate surface area is 122 Å². The van der Waals surface area contributed by atoms with Gasteiger partial charge in [0.15, 0.2) is 11.5 Å². The lowest BCUT2D eigenvalue weighted by molar-refractivity contribution is 0.282. The number of fused-ring (bicyclic) bond motifs is 1. The molecule has 0 aliphatic rings. The third-order valence-corrected chi connectivity index (χ3v) is 3.39. The Morgan fingerprint density at radius 3 is 2.62 bits per heavy atom. The first kappa shape index (κ1) is 13.5.